The van der Waals surface area contributed by atoms with Gasteiger partial charge in [-0.15, -0.1) is 0 Å². The fourth-order valence-electron chi connectivity index (χ4n) is 2.38. The Morgan fingerprint density at radius 1 is 1.50 bits per heavy atom. The number of aryl methyl sites for hydroxylation is 1. The molecule has 0 bridgehead atoms. The van der Waals surface area contributed by atoms with Crippen molar-refractivity contribution in [1.82, 2.24) is 10.2 Å². The molecule has 1 N–H and O–H groups in total. The second-order valence-corrected chi connectivity index (χ2v) is 6.00. The molecule has 1 aromatic heterocycles. The van der Waals surface area contributed by atoms with Gasteiger partial charge in [0.2, 0.25) is 5.91 Å². The van der Waals surface area contributed by atoms with Gasteiger partial charge >= 0.3 is 0 Å². The number of amides is 1. The third-order valence-electron chi connectivity index (χ3n) is 3.95. The van der Waals surface area contributed by atoms with Crippen LogP contribution in [0.15, 0.2) is 10.8 Å². The highest BCUT2D eigenvalue weighted by Gasteiger charge is 2.38. The van der Waals surface area contributed by atoms with E-state index in [0.717, 1.165) is 13.0 Å². The van der Waals surface area contributed by atoms with E-state index in [9.17, 15) is 4.79 Å². The summed E-state index contributed by atoms with van der Waals surface area (Å²) >= 11 is 1.71. The third kappa shape index (κ3) is 2.45. The largest absolute Gasteiger partial charge is 0.322 e. The van der Waals surface area contributed by atoms with Gasteiger partial charge in [0, 0.05) is 6.54 Å². The van der Waals surface area contributed by atoms with Crippen LogP contribution in [0.3, 0.4) is 0 Å². The van der Waals surface area contributed by atoms with Gasteiger partial charge in [0.25, 0.3) is 0 Å². The number of rotatable bonds is 4. The predicted molar refractivity (Wildman–Crippen MR) is 75.4 cm³/mol. The molecule has 4 heteroatoms. The van der Waals surface area contributed by atoms with E-state index in [4.69, 9.17) is 0 Å². The summed E-state index contributed by atoms with van der Waals surface area (Å²) in [5, 5.41) is 7.70. The zero-order valence-corrected chi connectivity index (χ0v) is 12.4. The van der Waals surface area contributed by atoms with Gasteiger partial charge in [-0.3, -0.25) is 10.1 Å². The smallest absolute Gasteiger partial charge is 0.241 e. The molecule has 18 heavy (non-hydrogen) atoms. The van der Waals surface area contributed by atoms with Crippen LogP contribution in [-0.4, -0.2) is 23.0 Å². The number of hydrogen-bond acceptors (Lipinski definition) is 3. The molecule has 0 saturated carbocycles. The van der Waals surface area contributed by atoms with E-state index < -0.39 is 0 Å². The Labute approximate surface area is 113 Å². The fraction of sp³-hybridized carbons (Fsp3) is 0.643. The summed E-state index contributed by atoms with van der Waals surface area (Å²) in [6.45, 7) is 9.19. The Hall–Kier alpha value is -0.870. The van der Waals surface area contributed by atoms with Gasteiger partial charge in [-0.05, 0) is 41.7 Å². The third-order valence-corrected chi connectivity index (χ3v) is 4.86. The maximum atomic E-state index is 12.4. The summed E-state index contributed by atoms with van der Waals surface area (Å²) < 4.78 is 0. The average Bonchev–Trinajstić information content (AvgIpc) is 2.87. The molecule has 2 heterocycles. The highest BCUT2D eigenvalue weighted by Crippen LogP contribution is 2.23. The number of carbonyl (C=O) groups is 1. The van der Waals surface area contributed by atoms with E-state index in [-0.39, 0.29) is 18.1 Å². The van der Waals surface area contributed by atoms with Crippen molar-refractivity contribution in [3.8, 4) is 0 Å². The van der Waals surface area contributed by atoms with Gasteiger partial charge in [-0.2, -0.15) is 11.3 Å². The highest BCUT2D eigenvalue weighted by molar-refractivity contribution is 7.08. The molecule has 1 aliphatic heterocycles. The molecule has 100 valence electrons. The van der Waals surface area contributed by atoms with Crippen LogP contribution in [-0.2, 0) is 11.3 Å². The maximum absolute atomic E-state index is 12.4. The van der Waals surface area contributed by atoms with Crippen LogP contribution >= 0.6 is 11.3 Å². The topological polar surface area (TPSA) is 32.3 Å². The van der Waals surface area contributed by atoms with Crippen LogP contribution in [0.4, 0.5) is 0 Å². The summed E-state index contributed by atoms with van der Waals surface area (Å²) in [5.74, 6) is 0.649. The van der Waals surface area contributed by atoms with E-state index in [0.29, 0.717) is 5.92 Å². The standard InChI is InChI=1S/C14H22N2OS/c1-5-9(2)13-14(17)16(11(4)15-13)6-12-8-18-7-10(12)3/h7-9,11,13,15H,5-6H2,1-4H3. The van der Waals surface area contributed by atoms with Gasteiger partial charge < -0.3 is 4.90 Å². The summed E-state index contributed by atoms with van der Waals surface area (Å²) in [6, 6.07) is -0.0102. The van der Waals surface area contributed by atoms with Crippen LogP contribution in [0, 0.1) is 12.8 Å². The Balaban J connectivity index is 2.10. The molecule has 3 unspecified atom stereocenters. The monoisotopic (exact) mass is 266 g/mol. The maximum Gasteiger partial charge on any atom is 0.241 e. The molecule has 3 nitrogen and oxygen atoms in total. The minimum atomic E-state index is -0.0102. The number of nitrogens with zero attached hydrogens (tertiary/aromatic N) is 1. The molecule has 1 saturated heterocycles. The number of hydrogen-bond donors (Lipinski definition) is 1. The summed E-state index contributed by atoms with van der Waals surface area (Å²) in [7, 11) is 0. The summed E-state index contributed by atoms with van der Waals surface area (Å²) in [4.78, 5) is 14.4. The first-order valence-corrected chi connectivity index (χ1v) is 7.57. The second kappa shape index (κ2) is 5.41. The van der Waals surface area contributed by atoms with Crippen LogP contribution in [0.25, 0.3) is 0 Å². The summed E-state index contributed by atoms with van der Waals surface area (Å²) in [5.41, 5.74) is 2.55. The zero-order valence-electron chi connectivity index (χ0n) is 11.6. The second-order valence-electron chi connectivity index (χ2n) is 5.25. The van der Waals surface area contributed by atoms with Crippen molar-refractivity contribution >= 4 is 17.2 Å². The molecule has 0 aromatic carbocycles. The van der Waals surface area contributed by atoms with E-state index in [1.807, 2.05) is 4.90 Å². The lowest BCUT2D eigenvalue weighted by molar-refractivity contribution is -0.131. The average molecular weight is 266 g/mol. The highest BCUT2D eigenvalue weighted by atomic mass is 32.1. The first kappa shape index (κ1) is 13.6. The molecular weight excluding hydrogens is 244 g/mol. The minimum Gasteiger partial charge on any atom is -0.322 e. The van der Waals surface area contributed by atoms with Crippen molar-refractivity contribution in [3.05, 3.63) is 21.9 Å². The molecule has 1 aliphatic rings. The minimum absolute atomic E-state index is 0.0102. The van der Waals surface area contributed by atoms with Crippen molar-refractivity contribution < 1.29 is 4.79 Å². The number of thiophene rings is 1. The SMILES string of the molecule is CCC(C)C1NC(C)N(Cc2cscc2C)C1=O. The van der Waals surface area contributed by atoms with E-state index >= 15 is 0 Å². The lowest BCUT2D eigenvalue weighted by Gasteiger charge is -2.21. The molecule has 1 fully saturated rings. The molecule has 0 spiro atoms. The Bertz CT molecular complexity index is 429. The molecule has 1 aromatic rings. The van der Waals surface area contributed by atoms with Gasteiger partial charge in [-0.1, -0.05) is 20.3 Å². The van der Waals surface area contributed by atoms with Crippen LogP contribution in [0.5, 0.6) is 0 Å². The lowest BCUT2D eigenvalue weighted by atomic mass is 9.99. The zero-order chi connectivity index (χ0) is 13.3. The first-order valence-electron chi connectivity index (χ1n) is 6.62. The molecular formula is C14H22N2OS. The normalized spacial score (nSPS) is 25.8. The van der Waals surface area contributed by atoms with E-state index in [2.05, 4.69) is 43.8 Å². The predicted octanol–water partition coefficient (Wildman–Crippen LogP) is 2.75. The molecule has 0 radical (unpaired) electrons. The van der Waals surface area contributed by atoms with Crippen molar-refractivity contribution in [1.29, 1.82) is 0 Å². The van der Waals surface area contributed by atoms with Crippen molar-refractivity contribution in [2.24, 2.45) is 5.92 Å². The van der Waals surface area contributed by atoms with Crippen LogP contribution in [0.1, 0.15) is 38.3 Å². The van der Waals surface area contributed by atoms with Crippen LogP contribution in [0.2, 0.25) is 0 Å². The van der Waals surface area contributed by atoms with Crippen molar-refractivity contribution in [3.63, 3.8) is 0 Å². The van der Waals surface area contributed by atoms with Crippen LogP contribution < -0.4 is 5.32 Å². The molecule has 3 atom stereocenters. The lowest BCUT2D eigenvalue weighted by Crippen LogP contribution is -2.35. The van der Waals surface area contributed by atoms with Crippen molar-refractivity contribution in [2.45, 2.75) is 52.9 Å². The van der Waals surface area contributed by atoms with Gasteiger partial charge in [0.15, 0.2) is 0 Å². The number of carbonyl (C=O) groups excluding carboxylic acids is 1. The van der Waals surface area contributed by atoms with E-state index in [1.165, 1.54) is 11.1 Å². The molecule has 1 amide bonds. The van der Waals surface area contributed by atoms with Crippen molar-refractivity contribution in [2.75, 3.05) is 0 Å². The van der Waals surface area contributed by atoms with Gasteiger partial charge in [0.1, 0.15) is 0 Å². The fourth-order valence-corrected chi connectivity index (χ4v) is 3.23. The Morgan fingerprint density at radius 2 is 2.22 bits per heavy atom. The summed E-state index contributed by atoms with van der Waals surface area (Å²) in [6.07, 6.45) is 1.16. The van der Waals surface area contributed by atoms with E-state index in [1.54, 1.807) is 11.3 Å². The van der Waals surface area contributed by atoms with Gasteiger partial charge in [-0.25, -0.2) is 0 Å². The quantitative estimate of drug-likeness (QED) is 0.909. The number of nitrogens with one attached hydrogen (secondary N) is 1. The molecule has 0 aliphatic carbocycles. The Kier molecular flexibility index (Phi) is 4.07. The first-order chi connectivity index (χ1) is 8.54. The molecule has 2 rings (SSSR count). The Morgan fingerprint density at radius 3 is 2.78 bits per heavy atom. The van der Waals surface area contributed by atoms with Gasteiger partial charge in [0.05, 0.1) is 12.2 Å².